The van der Waals surface area contributed by atoms with Gasteiger partial charge in [-0.05, 0) is 35.2 Å². The Bertz CT molecular complexity index is 1130. The molecule has 0 aliphatic rings. The zero-order chi connectivity index (χ0) is 19.3. The van der Waals surface area contributed by atoms with E-state index < -0.39 is 5.91 Å². The van der Waals surface area contributed by atoms with E-state index in [2.05, 4.69) is 44.1 Å². The Kier molecular flexibility index (Phi) is 4.94. The van der Waals surface area contributed by atoms with Crippen LogP contribution in [0, 0.1) is 0 Å². The normalized spacial score (nSPS) is 11.3. The number of fused-ring (bicyclic) bond motifs is 1. The van der Waals surface area contributed by atoms with Crippen LogP contribution in [0.1, 0.15) is 17.0 Å². The number of carbonyl (C=O) groups excluding carboxylic acids is 1. The molecule has 140 valence electrons. The van der Waals surface area contributed by atoms with Gasteiger partial charge in [-0.15, -0.1) is 5.10 Å². The van der Waals surface area contributed by atoms with Gasteiger partial charge in [0.1, 0.15) is 5.69 Å². The number of aromatic nitrogens is 5. The Labute approximate surface area is 160 Å². The maximum atomic E-state index is 11.1. The molecule has 0 saturated carbocycles. The van der Waals surface area contributed by atoms with Gasteiger partial charge in [0.2, 0.25) is 0 Å². The zero-order valence-electron chi connectivity index (χ0n) is 14.9. The fourth-order valence-corrected chi connectivity index (χ4v) is 3.09. The van der Waals surface area contributed by atoms with Crippen LogP contribution in [0.25, 0.3) is 17.0 Å². The lowest BCUT2D eigenvalue weighted by atomic mass is 10.2. The largest absolute Gasteiger partial charge is 0.338 e. The van der Waals surface area contributed by atoms with E-state index in [1.54, 1.807) is 17.1 Å². The molecule has 0 radical (unpaired) electrons. The van der Waals surface area contributed by atoms with Crippen molar-refractivity contribution in [2.45, 2.75) is 13.1 Å². The monoisotopic (exact) mass is 374 g/mol. The summed E-state index contributed by atoms with van der Waals surface area (Å²) in [6.45, 7) is 1.23. The molecule has 4 rings (SSSR count). The average molecular weight is 374 g/mol. The molecule has 28 heavy (non-hydrogen) atoms. The van der Waals surface area contributed by atoms with Crippen molar-refractivity contribution in [1.29, 1.82) is 0 Å². The summed E-state index contributed by atoms with van der Waals surface area (Å²) in [5.74, 6) is -0.619. The third-order valence-electron chi connectivity index (χ3n) is 4.36. The third kappa shape index (κ3) is 3.81. The number of rotatable bonds is 6. The Morgan fingerprint density at radius 2 is 2.07 bits per heavy atom. The van der Waals surface area contributed by atoms with Crippen molar-refractivity contribution in [2.24, 2.45) is 0 Å². The van der Waals surface area contributed by atoms with Crippen molar-refractivity contribution in [3.8, 4) is 0 Å². The van der Waals surface area contributed by atoms with Crippen LogP contribution < -0.4 is 5.48 Å². The summed E-state index contributed by atoms with van der Waals surface area (Å²) in [5, 5.41) is 17.8. The quantitative estimate of drug-likeness (QED) is 0.306. The predicted octanol–water partition coefficient (Wildman–Crippen LogP) is 2.24. The second-order valence-electron chi connectivity index (χ2n) is 6.29. The second kappa shape index (κ2) is 7.85. The van der Waals surface area contributed by atoms with E-state index in [9.17, 15) is 4.79 Å². The lowest BCUT2D eigenvalue weighted by Gasteiger charge is -2.11. The SMILES string of the molecule is O=C(/C=C/c1cn(Cc2cc3ccccc3n2Cc2cccnc2)nn1)NO. The molecule has 0 aliphatic heterocycles. The highest BCUT2D eigenvalue weighted by Gasteiger charge is 2.11. The molecular formula is C20H18N6O2. The van der Waals surface area contributed by atoms with Gasteiger partial charge in [-0.1, -0.05) is 29.5 Å². The molecule has 0 bridgehead atoms. The molecule has 4 aromatic rings. The van der Waals surface area contributed by atoms with Gasteiger partial charge in [0.25, 0.3) is 5.91 Å². The van der Waals surface area contributed by atoms with Crippen LogP contribution in [-0.2, 0) is 17.9 Å². The number of hydroxylamine groups is 1. The highest BCUT2D eigenvalue weighted by Crippen LogP contribution is 2.22. The van der Waals surface area contributed by atoms with E-state index in [1.807, 2.05) is 24.4 Å². The third-order valence-corrected chi connectivity index (χ3v) is 4.36. The van der Waals surface area contributed by atoms with E-state index in [4.69, 9.17) is 5.21 Å². The molecule has 2 N–H and O–H groups in total. The molecule has 0 spiro atoms. The van der Waals surface area contributed by atoms with Crippen molar-refractivity contribution < 1.29 is 10.0 Å². The minimum atomic E-state index is -0.619. The number of pyridine rings is 1. The Balaban J connectivity index is 1.63. The van der Waals surface area contributed by atoms with Crippen LogP contribution in [0.3, 0.4) is 0 Å². The lowest BCUT2D eigenvalue weighted by Crippen LogP contribution is -2.14. The van der Waals surface area contributed by atoms with Gasteiger partial charge in [0.05, 0.1) is 12.7 Å². The number of amides is 1. The summed E-state index contributed by atoms with van der Waals surface area (Å²) in [6.07, 6.45) is 8.05. The summed E-state index contributed by atoms with van der Waals surface area (Å²) < 4.78 is 3.95. The van der Waals surface area contributed by atoms with Gasteiger partial charge in [-0.25, -0.2) is 10.2 Å². The van der Waals surface area contributed by atoms with E-state index in [0.717, 1.165) is 22.2 Å². The number of nitrogens with one attached hydrogen (secondary N) is 1. The number of hydrogen-bond acceptors (Lipinski definition) is 5. The van der Waals surface area contributed by atoms with Gasteiger partial charge >= 0.3 is 0 Å². The first-order chi connectivity index (χ1) is 13.7. The highest BCUT2D eigenvalue weighted by atomic mass is 16.5. The van der Waals surface area contributed by atoms with Crippen molar-refractivity contribution in [2.75, 3.05) is 0 Å². The predicted molar refractivity (Wildman–Crippen MR) is 103 cm³/mol. The van der Waals surface area contributed by atoms with E-state index >= 15 is 0 Å². The molecule has 0 saturated heterocycles. The van der Waals surface area contributed by atoms with Crippen molar-refractivity contribution in [1.82, 2.24) is 30.0 Å². The van der Waals surface area contributed by atoms with Crippen LogP contribution in [0.2, 0.25) is 0 Å². The maximum Gasteiger partial charge on any atom is 0.267 e. The zero-order valence-corrected chi connectivity index (χ0v) is 14.9. The first-order valence-electron chi connectivity index (χ1n) is 8.71. The number of carbonyl (C=O) groups is 1. The van der Waals surface area contributed by atoms with Crippen LogP contribution in [0.15, 0.2) is 67.1 Å². The Morgan fingerprint density at radius 1 is 1.18 bits per heavy atom. The summed E-state index contributed by atoms with van der Waals surface area (Å²) >= 11 is 0. The van der Waals surface area contributed by atoms with E-state index in [-0.39, 0.29) is 0 Å². The lowest BCUT2D eigenvalue weighted by molar-refractivity contribution is -0.124. The fourth-order valence-electron chi connectivity index (χ4n) is 3.09. The number of hydrogen-bond donors (Lipinski definition) is 2. The molecule has 1 aromatic carbocycles. The number of nitrogens with zero attached hydrogens (tertiary/aromatic N) is 5. The fraction of sp³-hybridized carbons (Fsp3) is 0.100. The van der Waals surface area contributed by atoms with Gasteiger partial charge in [-0.3, -0.25) is 15.0 Å². The topological polar surface area (TPSA) is 97.9 Å². The van der Waals surface area contributed by atoms with E-state index in [1.165, 1.54) is 17.6 Å². The van der Waals surface area contributed by atoms with Gasteiger partial charge in [0, 0.05) is 36.2 Å². The smallest absolute Gasteiger partial charge is 0.267 e. The molecule has 0 fully saturated rings. The van der Waals surface area contributed by atoms with Crippen LogP contribution in [0.5, 0.6) is 0 Å². The molecule has 3 heterocycles. The first-order valence-corrected chi connectivity index (χ1v) is 8.71. The van der Waals surface area contributed by atoms with Crippen molar-refractivity contribution in [3.63, 3.8) is 0 Å². The van der Waals surface area contributed by atoms with Crippen LogP contribution in [-0.4, -0.2) is 35.7 Å². The minimum Gasteiger partial charge on any atom is -0.338 e. The Hall–Kier alpha value is -3.78. The van der Waals surface area contributed by atoms with Crippen molar-refractivity contribution in [3.05, 3.63) is 84.1 Å². The molecule has 0 unspecified atom stereocenters. The second-order valence-corrected chi connectivity index (χ2v) is 6.29. The Morgan fingerprint density at radius 3 is 2.89 bits per heavy atom. The average Bonchev–Trinajstić information content (AvgIpc) is 3.32. The molecular weight excluding hydrogens is 356 g/mol. The molecule has 8 nitrogen and oxygen atoms in total. The minimum absolute atomic E-state index is 0.526. The highest BCUT2D eigenvalue weighted by molar-refractivity contribution is 5.90. The number of para-hydroxylation sites is 1. The summed E-state index contributed by atoms with van der Waals surface area (Å²) in [4.78, 5) is 15.3. The molecule has 3 aromatic heterocycles. The van der Waals surface area contributed by atoms with Gasteiger partial charge in [-0.2, -0.15) is 0 Å². The van der Waals surface area contributed by atoms with Crippen LogP contribution in [0.4, 0.5) is 0 Å². The van der Waals surface area contributed by atoms with Crippen molar-refractivity contribution >= 4 is 22.9 Å². The first kappa shape index (κ1) is 17.6. The van der Waals surface area contributed by atoms with Gasteiger partial charge in [0.15, 0.2) is 0 Å². The summed E-state index contributed by atoms with van der Waals surface area (Å²) in [6, 6.07) is 14.3. The standard InChI is InChI=1S/C20H18N6O2/c27-20(23-28)8-7-17-13-25(24-22-17)14-18-10-16-5-1-2-6-19(16)26(18)12-15-4-3-9-21-11-15/h1-11,13,28H,12,14H2,(H,23,27)/b8-7+. The van der Waals surface area contributed by atoms with Crippen LogP contribution >= 0.6 is 0 Å². The van der Waals surface area contributed by atoms with E-state index in [0.29, 0.717) is 18.8 Å². The summed E-state index contributed by atoms with van der Waals surface area (Å²) in [5.41, 5.74) is 5.40. The maximum absolute atomic E-state index is 11.1. The molecule has 1 amide bonds. The summed E-state index contributed by atoms with van der Waals surface area (Å²) in [7, 11) is 0. The molecule has 0 atom stereocenters. The molecule has 8 heteroatoms. The molecule has 0 aliphatic carbocycles. The number of benzene rings is 1. The van der Waals surface area contributed by atoms with Gasteiger partial charge < -0.3 is 4.57 Å².